The van der Waals surface area contributed by atoms with Crippen molar-refractivity contribution in [2.45, 2.75) is 6.42 Å². The Bertz CT molecular complexity index is 1390. The van der Waals surface area contributed by atoms with Crippen LogP contribution in [0.5, 0.6) is 0 Å². The van der Waals surface area contributed by atoms with Crippen LogP contribution in [0.25, 0.3) is 22.6 Å². The number of carboxylic acids is 1. The van der Waals surface area contributed by atoms with E-state index in [1.165, 1.54) is 0 Å². The SMILES string of the molecule is CN(c1cccc(Cl)c1)c1ccc2c(C3=Cc4nccc(C(=O)O)c4C3)n(C)nc2c1. The molecular weight excluding hydrogens is 412 g/mol. The van der Waals surface area contributed by atoms with Gasteiger partial charge < -0.3 is 10.0 Å². The maximum Gasteiger partial charge on any atom is 0.336 e. The normalized spacial score (nSPS) is 12.7. The molecule has 2 aromatic carbocycles. The minimum absolute atomic E-state index is 0.299. The Hall–Kier alpha value is -3.64. The molecule has 0 unspecified atom stereocenters. The highest BCUT2D eigenvalue weighted by atomic mass is 35.5. The number of anilines is 2. The number of fused-ring (bicyclic) bond motifs is 2. The molecule has 1 aliphatic carbocycles. The molecule has 1 aliphatic rings. The summed E-state index contributed by atoms with van der Waals surface area (Å²) in [6.45, 7) is 0. The van der Waals surface area contributed by atoms with Crippen LogP contribution in [0, 0.1) is 0 Å². The Labute approximate surface area is 184 Å². The maximum absolute atomic E-state index is 11.6. The van der Waals surface area contributed by atoms with E-state index in [1.807, 2.05) is 55.2 Å². The number of hydrogen-bond acceptors (Lipinski definition) is 4. The zero-order chi connectivity index (χ0) is 21.7. The summed E-state index contributed by atoms with van der Waals surface area (Å²) in [5.74, 6) is -0.933. The van der Waals surface area contributed by atoms with Crippen molar-refractivity contribution < 1.29 is 9.90 Å². The van der Waals surface area contributed by atoms with E-state index >= 15 is 0 Å². The van der Waals surface area contributed by atoms with Crippen LogP contribution in [-0.4, -0.2) is 32.9 Å². The minimum Gasteiger partial charge on any atom is -0.478 e. The number of aromatic nitrogens is 3. The summed E-state index contributed by atoms with van der Waals surface area (Å²) in [6.07, 6.45) is 4.02. The number of halogens is 1. The molecule has 0 bridgehead atoms. The highest BCUT2D eigenvalue weighted by molar-refractivity contribution is 6.30. The lowest BCUT2D eigenvalue weighted by Crippen LogP contribution is -2.09. The lowest BCUT2D eigenvalue weighted by atomic mass is 10.0. The molecule has 1 N–H and O–H groups in total. The minimum atomic E-state index is -0.933. The average molecular weight is 431 g/mol. The van der Waals surface area contributed by atoms with Gasteiger partial charge in [0, 0.05) is 48.5 Å². The molecule has 2 aromatic heterocycles. The molecule has 154 valence electrons. The second kappa shape index (κ2) is 7.25. The standard InChI is InChI=1S/C24H19ClN4O2/c1-28(16-5-3-4-15(25)12-16)17-6-7-19-22(13-17)27-29(2)23(19)14-10-20-18(24(30)31)8-9-26-21(20)11-14/h3-9,11-13H,10H2,1-2H3,(H,30,31). The summed E-state index contributed by atoms with van der Waals surface area (Å²) >= 11 is 6.15. The molecule has 0 aliphatic heterocycles. The smallest absolute Gasteiger partial charge is 0.336 e. The summed E-state index contributed by atoms with van der Waals surface area (Å²) in [5.41, 5.74) is 6.60. The summed E-state index contributed by atoms with van der Waals surface area (Å²) < 4.78 is 1.85. The predicted molar refractivity (Wildman–Crippen MR) is 123 cm³/mol. The van der Waals surface area contributed by atoms with E-state index in [0.29, 0.717) is 22.7 Å². The predicted octanol–water partition coefficient (Wildman–Crippen LogP) is 5.18. The van der Waals surface area contributed by atoms with E-state index in [4.69, 9.17) is 16.7 Å². The molecule has 5 rings (SSSR count). The summed E-state index contributed by atoms with van der Waals surface area (Å²) in [6, 6.07) is 15.4. The molecule has 0 atom stereocenters. The topological polar surface area (TPSA) is 71.2 Å². The largest absolute Gasteiger partial charge is 0.478 e. The van der Waals surface area contributed by atoms with Gasteiger partial charge in [-0.15, -0.1) is 0 Å². The van der Waals surface area contributed by atoms with Crippen molar-refractivity contribution in [3.05, 3.63) is 82.3 Å². The number of pyridine rings is 1. The molecule has 6 nitrogen and oxygen atoms in total. The van der Waals surface area contributed by atoms with Crippen molar-refractivity contribution in [2.24, 2.45) is 7.05 Å². The van der Waals surface area contributed by atoms with E-state index in [1.54, 1.807) is 12.3 Å². The van der Waals surface area contributed by atoms with Crippen molar-refractivity contribution in [1.29, 1.82) is 0 Å². The van der Waals surface area contributed by atoms with Gasteiger partial charge in [-0.05, 0) is 59.7 Å². The van der Waals surface area contributed by atoms with Gasteiger partial charge in [0.05, 0.1) is 22.5 Å². The number of carboxylic acid groups (broad SMARTS) is 1. The molecular formula is C24H19ClN4O2. The number of rotatable bonds is 4. The van der Waals surface area contributed by atoms with Gasteiger partial charge in [-0.1, -0.05) is 17.7 Å². The second-order valence-electron chi connectivity index (χ2n) is 7.59. The van der Waals surface area contributed by atoms with Crippen LogP contribution in [0.15, 0.2) is 54.7 Å². The van der Waals surface area contributed by atoms with Crippen LogP contribution in [0.3, 0.4) is 0 Å². The van der Waals surface area contributed by atoms with Gasteiger partial charge in [0.1, 0.15) is 0 Å². The van der Waals surface area contributed by atoms with Gasteiger partial charge in [-0.2, -0.15) is 5.10 Å². The van der Waals surface area contributed by atoms with Crippen LogP contribution >= 0.6 is 11.6 Å². The third-order valence-electron chi connectivity index (χ3n) is 5.70. The zero-order valence-electron chi connectivity index (χ0n) is 17.0. The number of aromatic carboxylic acids is 1. The highest BCUT2D eigenvalue weighted by Crippen LogP contribution is 2.37. The zero-order valence-corrected chi connectivity index (χ0v) is 17.8. The summed E-state index contributed by atoms with van der Waals surface area (Å²) in [5, 5.41) is 15.9. The summed E-state index contributed by atoms with van der Waals surface area (Å²) in [7, 11) is 3.90. The molecule has 0 saturated heterocycles. The Kier molecular flexibility index (Phi) is 4.52. The number of allylic oxidation sites excluding steroid dienone is 1. The van der Waals surface area contributed by atoms with E-state index < -0.39 is 5.97 Å². The number of nitrogens with zero attached hydrogens (tertiary/aromatic N) is 4. The Balaban J connectivity index is 1.54. The maximum atomic E-state index is 11.6. The highest BCUT2D eigenvalue weighted by Gasteiger charge is 2.24. The van der Waals surface area contributed by atoms with Gasteiger partial charge in [0.15, 0.2) is 0 Å². The molecule has 31 heavy (non-hydrogen) atoms. The van der Waals surface area contributed by atoms with Crippen molar-refractivity contribution in [3.8, 4) is 0 Å². The molecule has 0 radical (unpaired) electrons. The molecule has 0 fully saturated rings. The van der Waals surface area contributed by atoms with E-state index in [-0.39, 0.29) is 0 Å². The van der Waals surface area contributed by atoms with Crippen LogP contribution in [0.2, 0.25) is 5.02 Å². The summed E-state index contributed by atoms with van der Waals surface area (Å²) in [4.78, 5) is 18.0. The fourth-order valence-corrected chi connectivity index (χ4v) is 4.37. The first-order valence-corrected chi connectivity index (χ1v) is 10.2. The van der Waals surface area contributed by atoms with Gasteiger partial charge in [0.2, 0.25) is 0 Å². The first kappa shape index (κ1) is 19.3. The molecule has 4 aromatic rings. The van der Waals surface area contributed by atoms with Crippen LogP contribution in [-0.2, 0) is 13.5 Å². The molecule has 2 heterocycles. The fourth-order valence-electron chi connectivity index (χ4n) is 4.19. The first-order valence-electron chi connectivity index (χ1n) is 9.80. The Morgan fingerprint density at radius 2 is 1.97 bits per heavy atom. The molecule has 0 saturated carbocycles. The van der Waals surface area contributed by atoms with Crippen molar-refractivity contribution in [3.63, 3.8) is 0 Å². The number of hydrogen-bond donors (Lipinski definition) is 1. The number of carbonyl (C=O) groups is 1. The van der Waals surface area contributed by atoms with Crippen molar-refractivity contribution >= 4 is 51.5 Å². The first-order chi connectivity index (χ1) is 14.9. The Morgan fingerprint density at radius 1 is 1.16 bits per heavy atom. The third kappa shape index (κ3) is 3.25. The van der Waals surface area contributed by atoms with Gasteiger partial charge >= 0.3 is 5.97 Å². The van der Waals surface area contributed by atoms with Crippen molar-refractivity contribution in [2.75, 3.05) is 11.9 Å². The lowest BCUT2D eigenvalue weighted by molar-refractivity contribution is 0.0695. The van der Waals surface area contributed by atoms with Crippen LogP contribution < -0.4 is 4.90 Å². The van der Waals surface area contributed by atoms with E-state index in [9.17, 15) is 9.90 Å². The monoisotopic (exact) mass is 430 g/mol. The van der Waals surface area contributed by atoms with Gasteiger partial charge in [-0.3, -0.25) is 9.67 Å². The Morgan fingerprint density at radius 3 is 2.74 bits per heavy atom. The second-order valence-corrected chi connectivity index (χ2v) is 8.02. The molecule has 7 heteroatoms. The number of benzene rings is 2. The third-order valence-corrected chi connectivity index (χ3v) is 5.94. The van der Waals surface area contributed by atoms with Gasteiger partial charge in [0.25, 0.3) is 0 Å². The fraction of sp³-hybridized carbons (Fsp3) is 0.125. The van der Waals surface area contributed by atoms with E-state index in [0.717, 1.165) is 39.1 Å². The lowest BCUT2D eigenvalue weighted by Gasteiger charge is -2.19. The van der Waals surface area contributed by atoms with Gasteiger partial charge in [-0.25, -0.2) is 4.79 Å². The molecule has 0 amide bonds. The average Bonchev–Trinajstić information content (AvgIpc) is 3.31. The van der Waals surface area contributed by atoms with E-state index in [2.05, 4.69) is 22.0 Å². The quantitative estimate of drug-likeness (QED) is 0.482. The van der Waals surface area contributed by atoms with Crippen LogP contribution in [0.1, 0.15) is 27.3 Å². The molecule has 0 spiro atoms. The van der Waals surface area contributed by atoms with Crippen LogP contribution in [0.4, 0.5) is 11.4 Å². The number of aryl methyl sites for hydroxylation is 1. The van der Waals surface area contributed by atoms with Crippen molar-refractivity contribution in [1.82, 2.24) is 14.8 Å².